The molecule has 0 heterocycles. The van der Waals surface area contributed by atoms with Crippen LogP contribution in [-0.4, -0.2) is 25.0 Å². The second kappa shape index (κ2) is 9.16. The Bertz CT molecular complexity index is 469. The van der Waals surface area contributed by atoms with Gasteiger partial charge in [-0.05, 0) is 37.8 Å². The number of amides is 1. The van der Waals surface area contributed by atoms with E-state index in [2.05, 4.69) is 19.2 Å². The summed E-state index contributed by atoms with van der Waals surface area (Å²) in [5.41, 5.74) is 1.65. The molecular formula is C17H25NO3. The first-order chi connectivity index (χ1) is 9.99. The van der Waals surface area contributed by atoms with Crippen molar-refractivity contribution in [2.75, 3.05) is 13.2 Å². The maximum absolute atomic E-state index is 11.9. The molecule has 0 aliphatic heterocycles. The van der Waals surface area contributed by atoms with Crippen LogP contribution in [0.3, 0.4) is 0 Å². The molecule has 0 bridgehead atoms. The van der Waals surface area contributed by atoms with Gasteiger partial charge in [0.15, 0.2) is 0 Å². The van der Waals surface area contributed by atoms with Crippen LogP contribution in [0.4, 0.5) is 0 Å². The van der Waals surface area contributed by atoms with Gasteiger partial charge in [0.05, 0.1) is 13.0 Å². The van der Waals surface area contributed by atoms with Crippen molar-refractivity contribution in [3.05, 3.63) is 35.4 Å². The molecule has 0 aliphatic rings. The average Bonchev–Trinajstić information content (AvgIpc) is 2.43. The van der Waals surface area contributed by atoms with E-state index in [4.69, 9.17) is 4.74 Å². The largest absolute Gasteiger partial charge is 0.466 e. The molecule has 4 heteroatoms. The zero-order valence-electron chi connectivity index (χ0n) is 13.1. The van der Waals surface area contributed by atoms with Crippen molar-refractivity contribution in [2.24, 2.45) is 5.92 Å². The fourth-order valence-corrected chi connectivity index (χ4v) is 1.92. The van der Waals surface area contributed by atoms with Crippen LogP contribution in [0.15, 0.2) is 24.3 Å². The molecule has 0 saturated heterocycles. The van der Waals surface area contributed by atoms with E-state index in [1.807, 2.05) is 25.1 Å². The molecule has 1 rings (SSSR count). The van der Waals surface area contributed by atoms with E-state index in [9.17, 15) is 9.59 Å². The van der Waals surface area contributed by atoms with Gasteiger partial charge in [0.1, 0.15) is 0 Å². The minimum Gasteiger partial charge on any atom is -0.466 e. The zero-order chi connectivity index (χ0) is 15.7. The third kappa shape index (κ3) is 7.49. The predicted octanol–water partition coefficient (Wildman–Crippen LogP) is 3.09. The van der Waals surface area contributed by atoms with Crippen molar-refractivity contribution in [1.82, 2.24) is 5.32 Å². The minimum absolute atomic E-state index is 0.161. The quantitative estimate of drug-likeness (QED) is 0.591. The Morgan fingerprint density at radius 3 is 2.71 bits per heavy atom. The van der Waals surface area contributed by atoms with Gasteiger partial charge in [-0.2, -0.15) is 0 Å². The highest BCUT2D eigenvalue weighted by atomic mass is 16.5. The van der Waals surface area contributed by atoms with Gasteiger partial charge in [0.25, 0.3) is 5.91 Å². The molecule has 0 spiro atoms. The average molecular weight is 291 g/mol. The molecule has 1 N–H and O–H groups in total. The number of hydrogen-bond acceptors (Lipinski definition) is 3. The van der Waals surface area contributed by atoms with Crippen LogP contribution >= 0.6 is 0 Å². The van der Waals surface area contributed by atoms with E-state index in [1.165, 1.54) is 0 Å². The number of nitrogens with one attached hydrogen (secondary N) is 1. The number of benzene rings is 1. The first-order valence-electron chi connectivity index (χ1n) is 7.49. The van der Waals surface area contributed by atoms with Crippen LogP contribution < -0.4 is 5.32 Å². The molecule has 0 atom stereocenters. The lowest BCUT2D eigenvalue weighted by Crippen LogP contribution is -2.26. The van der Waals surface area contributed by atoms with Crippen molar-refractivity contribution in [1.29, 1.82) is 0 Å². The molecule has 0 aromatic heterocycles. The lowest BCUT2D eigenvalue weighted by Gasteiger charge is -2.08. The van der Waals surface area contributed by atoms with Crippen molar-refractivity contribution in [3.8, 4) is 0 Å². The number of hydrogen-bond donors (Lipinski definition) is 1. The zero-order valence-corrected chi connectivity index (χ0v) is 13.1. The third-order valence-electron chi connectivity index (χ3n) is 3.08. The van der Waals surface area contributed by atoms with Gasteiger partial charge in [0, 0.05) is 12.1 Å². The summed E-state index contributed by atoms with van der Waals surface area (Å²) >= 11 is 0. The van der Waals surface area contributed by atoms with Gasteiger partial charge in [-0.25, -0.2) is 0 Å². The summed E-state index contributed by atoms with van der Waals surface area (Å²) in [5.74, 6) is 0.201. The summed E-state index contributed by atoms with van der Waals surface area (Å²) in [6.45, 7) is 6.98. The molecule has 0 unspecified atom stereocenters. The van der Waals surface area contributed by atoms with Gasteiger partial charge in [-0.1, -0.05) is 31.5 Å². The van der Waals surface area contributed by atoms with Gasteiger partial charge in [-0.3, -0.25) is 9.59 Å². The van der Waals surface area contributed by atoms with E-state index in [-0.39, 0.29) is 18.3 Å². The summed E-state index contributed by atoms with van der Waals surface area (Å²) in [6, 6.07) is 7.35. The Labute approximate surface area is 126 Å². The van der Waals surface area contributed by atoms with E-state index in [0.29, 0.717) is 24.6 Å². The minimum atomic E-state index is -0.261. The topological polar surface area (TPSA) is 55.4 Å². The van der Waals surface area contributed by atoms with E-state index < -0.39 is 0 Å². The number of ether oxygens (including phenoxy) is 1. The van der Waals surface area contributed by atoms with Crippen LogP contribution in [0.2, 0.25) is 0 Å². The van der Waals surface area contributed by atoms with Crippen LogP contribution in [0.1, 0.15) is 49.0 Å². The molecule has 1 aromatic rings. The Hall–Kier alpha value is -1.84. The fourth-order valence-electron chi connectivity index (χ4n) is 1.92. The first kappa shape index (κ1) is 17.2. The normalized spacial score (nSPS) is 10.5. The summed E-state index contributed by atoms with van der Waals surface area (Å²) in [6.07, 6.45) is 2.15. The molecule has 0 saturated carbocycles. The second-order valence-electron chi connectivity index (χ2n) is 5.63. The van der Waals surface area contributed by atoms with Crippen molar-refractivity contribution < 1.29 is 14.3 Å². The van der Waals surface area contributed by atoms with Gasteiger partial charge in [0.2, 0.25) is 0 Å². The molecule has 0 radical (unpaired) electrons. The molecule has 1 aromatic carbocycles. The summed E-state index contributed by atoms with van der Waals surface area (Å²) in [7, 11) is 0. The SMILES string of the molecule is Cc1cccc(C(=O)NCCC(=O)OCCCC(C)C)c1. The summed E-state index contributed by atoms with van der Waals surface area (Å²) in [5, 5.41) is 2.73. The van der Waals surface area contributed by atoms with Crippen LogP contribution in [0, 0.1) is 12.8 Å². The van der Waals surface area contributed by atoms with Gasteiger partial charge >= 0.3 is 5.97 Å². The van der Waals surface area contributed by atoms with E-state index in [1.54, 1.807) is 6.07 Å². The number of aryl methyl sites for hydroxylation is 1. The second-order valence-corrected chi connectivity index (χ2v) is 5.63. The Morgan fingerprint density at radius 1 is 1.29 bits per heavy atom. The highest BCUT2D eigenvalue weighted by Crippen LogP contribution is 2.04. The monoisotopic (exact) mass is 291 g/mol. The molecular weight excluding hydrogens is 266 g/mol. The number of carbonyl (C=O) groups excluding carboxylic acids is 2. The van der Waals surface area contributed by atoms with Crippen molar-refractivity contribution in [2.45, 2.75) is 40.0 Å². The lowest BCUT2D eigenvalue weighted by atomic mass is 10.1. The number of carbonyl (C=O) groups is 2. The van der Waals surface area contributed by atoms with Crippen LogP contribution in [0.5, 0.6) is 0 Å². The third-order valence-corrected chi connectivity index (χ3v) is 3.08. The fraction of sp³-hybridized carbons (Fsp3) is 0.529. The highest BCUT2D eigenvalue weighted by Gasteiger charge is 2.07. The molecule has 1 amide bonds. The number of esters is 1. The summed E-state index contributed by atoms with van der Waals surface area (Å²) in [4.78, 5) is 23.3. The number of rotatable bonds is 8. The summed E-state index contributed by atoms with van der Waals surface area (Å²) < 4.78 is 5.11. The van der Waals surface area contributed by atoms with Crippen molar-refractivity contribution >= 4 is 11.9 Å². The maximum Gasteiger partial charge on any atom is 0.307 e. The van der Waals surface area contributed by atoms with E-state index >= 15 is 0 Å². The Balaban J connectivity index is 2.18. The van der Waals surface area contributed by atoms with Crippen LogP contribution in [0.25, 0.3) is 0 Å². The maximum atomic E-state index is 11.9. The first-order valence-corrected chi connectivity index (χ1v) is 7.49. The molecule has 21 heavy (non-hydrogen) atoms. The molecule has 116 valence electrons. The molecule has 4 nitrogen and oxygen atoms in total. The predicted molar refractivity (Wildman–Crippen MR) is 83.2 cm³/mol. The highest BCUT2D eigenvalue weighted by molar-refractivity contribution is 5.94. The smallest absolute Gasteiger partial charge is 0.307 e. The Morgan fingerprint density at radius 2 is 2.05 bits per heavy atom. The lowest BCUT2D eigenvalue weighted by molar-refractivity contribution is -0.143. The Kier molecular flexibility index (Phi) is 7.51. The standard InChI is InChI=1S/C17H25NO3/c1-13(2)6-5-11-21-16(19)9-10-18-17(20)15-8-4-7-14(3)12-15/h4,7-8,12-13H,5-6,9-11H2,1-3H3,(H,18,20). The van der Waals surface area contributed by atoms with Gasteiger partial charge < -0.3 is 10.1 Å². The van der Waals surface area contributed by atoms with Crippen LogP contribution in [-0.2, 0) is 9.53 Å². The van der Waals surface area contributed by atoms with E-state index in [0.717, 1.165) is 18.4 Å². The van der Waals surface area contributed by atoms with Gasteiger partial charge in [-0.15, -0.1) is 0 Å². The molecule has 0 aliphatic carbocycles. The van der Waals surface area contributed by atoms with Crippen molar-refractivity contribution in [3.63, 3.8) is 0 Å². The molecule has 0 fully saturated rings.